The molecule has 0 atom stereocenters. The molecule has 4 aromatic heterocycles. The number of aromatic nitrogens is 4. The summed E-state index contributed by atoms with van der Waals surface area (Å²) in [5.74, 6) is 1.63. The minimum atomic E-state index is 0.521. The monoisotopic (exact) mass is 619 g/mol. The first-order chi connectivity index (χ1) is 23.3. The molecule has 7 heteroatoms. The Morgan fingerprint density at radius 3 is 2.04 bits per heavy atom. The average molecular weight is 620 g/mol. The lowest BCUT2D eigenvalue weighted by molar-refractivity contribution is 0.673. The van der Waals surface area contributed by atoms with Crippen LogP contribution in [-0.4, -0.2) is 19.5 Å². The Kier molecular flexibility index (Phi) is 5.41. The maximum atomic E-state index is 9.43. The Morgan fingerprint density at radius 1 is 0.596 bits per heavy atom. The Labute approximate surface area is 271 Å². The maximum absolute atomic E-state index is 9.43. The molecule has 4 heterocycles. The van der Waals surface area contributed by atoms with Crippen LogP contribution in [0.3, 0.4) is 0 Å². The molecule has 0 N–H and O–H groups in total. The zero-order valence-electron chi connectivity index (χ0n) is 24.7. The Bertz CT molecular complexity index is 2910. The van der Waals surface area contributed by atoms with Crippen LogP contribution in [0.2, 0.25) is 0 Å². The van der Waals surface area contributed by atoms with Gasteiger partial charge in [-0.05, 0) is 42.5 Å². The number of rotatable bonds is 3. The van der Waals surface area contributed by atoms with Crippen LogP contribution in [0.25, 0.3) is 92.6 Å². The number of hydrogen-bond donors (Lipinski definition) is 0. The number of hydrogen-bond acceptors (Lipinski definition) is 6. The molecule has 0 aliphatic rings. The number of thiophene rings is 1. The van der Waals surface area contributed by atoms with Crippen molar-refractivity contribution in [3.05, 3.63) is 133 Å². The minimum Gasteiger partial charge on any atom is -0.455 e. The van der Waals surface area contributed by atoms with Crippen LogP contribution in [0.15, 0.2) is 132 Å². The molecule has 0 saturated heterocycles. The van der Waals surface area contributed by atoms with Gasteiger partial charge in [0.1, 0.15) is 5.58 Å². The minimum absolute atomic E-state index is 0.521. The van der Waals surface area contributed by atoms with Crippen LogP contribution in [0.1, 0.15) is 5.56 Å². The number of nitrogens with zero attached hydrogens (tertiary/aromatic N) is 5. The summed E-state index contributed by atoms with van der Waals surface area (Å²) in [6, 6.07) is 44.8. The third-order valence-electron chi connectivity index (χ3n) is 8.89. The summed E-state index contributed by atoms with van der Waals surface area (Å²) >= 11 is 1.75. The molecule has 47 heavy (non-hydrogen) atoms. The van der Waals surface area contributed by atoms with Crippen LogP contribution < -0.4 is 0 Å². The summed E-state index contributed by atoms with van der Waals surface area (Å²) in [6.07, 6.45) is 0. The van der Waals surface area contributed by atoms with Gasteiger partial charge in [-0.1, -0.05) is 84.9 Å². The standard InChI is InChI=1S/C40H21N5OS/c41-22-23-18-20-25(21-19-23)39-42-38(24-10-2-1-3-11-24)43-40(44-39)45-29-15-7-4-12-26(29)32-33-27-13-5-8-16-30(27)46-36(33)37-34(35(32)45)28-14-6-9-17-31(28)47-37/h1-21H. The van der Waals surface area contributed by atoms with E-state index in [9.17, 15) is 5.26 Å². The molecule has 10 rings (SSSR count). The van der Waals surface area contributed by atoms with Crippen molar-refractivity contribution in [3.8, 4) is 34.8 Å². The fourth-order valence-corrected chi connectivity index (χ4v) is 8.03. The molecular weight excluding hydrogens is 599 g/mol. The summed E-state index contributed by atoms with van der Waals surface area (Å²) in [7, 11) is 0. The molecule has 0 unspecified atom stereocenters. The van der Waals surface area contributed by atoms with Crippen molar-refractivity contribution in [1.29, 1.82) is 5.26 Å². The van der Waals surface area contributed by atoms with E-state index < -0.39 is 0 Å². The molecule has 0 radical (unpaired) electrons. The topological polar surface area (TPSA) is 80.5 Å². The lowest BCUT2D eigenvalue weighted by Crippen LogP contribution is -2.06. The van der Waals surface area contributed by atoms with Gasteiger partial charge >= 0.3 is 0 Å². The van der Waals surface area contributed by atoms with Gasteiger partial charge in [-0.25, -0.2) is 4.98 Å². The SMILES string of the molecule is N#Cc1ccc(-c2nc(-c3ccccc3)nc(-n3c4ccccc4c4c5c6ccccc6oc5c5sc6ccccc6c5c43)n2)cc1. The van der Waals surface area contributed by atoms with E-state index in [1.54, 1.807) is 23.5 Å². The van der Waals surface area contributed by atoms with Gasteiger partial charge in [0.25, 0.3) is 0 Å². The van der Waals surface area contributed by atoms with E-state index in [-0.39, 0.29) is 0 Å². The van der Waals surface area contributed by atoms with Crippen molar-refractivity contribution < 1.29 is 4.42 Å². The molecule has 0 fully saturated rings. The lowest BCUT2D eigenvalue weighted by atomic mass is 10.0. The van der Waals surface area contributed by atoms with Gasteiger partial charge in [0.2, 0.25) is 5.95 Å². The number of nitriles is 1. The molecule has 0 amide bonds. The van der Waals surface area contributed by atoms with E-state index in [0.717, 1.165) is 70.3 Å². The van der Waals surface area contributed by atoms with Crippen molar-refractivity contribution in [2.45, 2.75) is 0 Å². The van der Waals surface area contributed by atoms with E-state index in [4.69, 9.17) is 19.4 Å². The fourth-order valence-electron chi connectivity index (χ4n) is 6.84. The highest BCUT2D eigenvalue weighted by Crippen LogP contribution is 2.50. The van der Waals surface area contributed by atoms with Crippen LogP contribution >= 0.6 is 11.3 Å². The average Bonchev–Trinajstić information content (AvgIpc) is 3.82. The molecule has 218 valence electrons. The first-order valence-corrected chi connectivity index (χ1v) is 16.1. The normalized spacial score (nSPS) is 11.8. The van der Waals surface area contributed by atoms with Crippen molar-refractivity contribution in [2.75, 3.05) is 0 Å². The molecule has 10 aromatic rings. The Hall–Kier alpha value is -6.36. The number of furan rings is 1. The van der Waals surface area contributed by atoms with E-state index in [0.29, 0.717) is 23.2 Å². The van der Waals surface area contributed by atoms with Crippen molar-refractivity contribution in [2.24, 2.45) is 0 Å². The summed E-state index contributed by atoms with van der Waals surface area (Å²) in [5.41, 5.74) is 6.07. The molecule has 0 aliphatic heterocycles. The zero-order valence-corrected chi connectivity index (χ0v) is 25.5. The second-order valence-electron chi connectivity index (χ2n) is 11.5. The van der Waals surface area contributed by atoms with E-state index in [1.807, 2.05) is 54.6 Å². The highest BCUT2D eigenvalue weighted by Gasteiger charge is 2.26. The smallest absolute Gasteiger partial charge is 0.238 e. The van der Waals surface area contributed by atoms with Gasteiger partial charge in [0.15, 0.2) is 17.2 Å². The molecule has 6 aromatic carbocycles. The molecule has 0 aliphatic carbocycles. The highest BCUT2D eigenvalue weighted by molar-refractivity contribution is 7.26. The van der Waals surface area contributed by atoms with Gasteiger partial charge in [0, 0.05) is 48.1 Å². The molecular formula is C40H21N5OS. The first-order valence-electron chi connectivity index (χ1n) is 15.3. The van der Waals surface area contributed by atoms with E-state index in [1.165, 1.54) is 4.70 Å². The van der Waals surface area contributed by atoms with Crippen LogP contribution in [0, 0.1) is 11.3 Å². The predicted octanol–water partition coefficient (Wildman–Crippen LogP) is 10.4. The second-order valence-corrected chi connectivity index (χ2v) is 12.6. The first kappa shape index (κ1) is 25.9. The third kappa shape index (κ3) is 3.73. The second kappa shape index (κ2) is 9.82. The van der Waals surface area contributed by atoms with Gasteiger partial charge in [-0.2, -0.15) is 15.2 Å². The van der Waals surface area contributed by atoms with Crippen molar-refractivity contribution in [3.63, 3.8) is 0 Å². The highest BCUT2D eigenvalue weighted by atomic mass is 32.1. The lowest BCUT2D eigenvalue weighted by Gasteiger charge is -2.11. The van der Waals surface area contributed by atoms with Crippen LogP contribution in [-0.2, 0) is 0 Å². The summed E-state index contributed by atoms with van der Waals surface area (Å²) in [4.78, 5) is 15.3. The molecule has 0 saturated carbocycles. The zero-order chi connectivity index (χ0) is 31.1. The van der Waals surface area contributed by atoms with E-state index in [2.05, 4.69) is 71.3 Å². The summed E-state index contributed by atoms with van der Waals surface area (Å²) < 4.78 is 11.2. The number of para-hydroxylation sites is 2. The van der Waals surface area contributed by atoms with Crippen molar-refractivity contribution in [1.82, 2.24) is 19.5 Å². The van der Waals surface area contributed by atoms with Gasteiger partial charge in [-0.3, -0.25) is 4.57 Å². The van der Waals surface area contributed by atoms with E-state index >= 15 is 0 Å². The fraction of sp³-hybridized carbons (Fsp3) is 0. The van der Waals surface area contributed by atoms with Crippen molar-refractivity contribution >= 4 is 75.3 Å². The van der Waals surface area contributed by atoms with Crippen LogP contribution in [0.5, 0.6) is 0 Å². The van der Waals surface area contributed by atoms with Gasteiger partial charge in [-0.15, -0.1) is 11.3 Å². The summed E-state index contributed by atoms with van der Waals surface area (Å²) in [6.45, 7) is 0. The largest absolute Gasteiger partial charge is 0.455 e. The van der Waals surface area contributed by atoms with Gasteiger partial charge in [0.05, 0.1) is 27.4 Å². The third-order valence-corrected chi connectivity index (χ3v) is 10.1. The maximum Gasteiger partial charge on any atom is 0.238 e. The molecule has 6 nitrogen and oxygen atoms in total. The Balaban J connectivity index is 1.43. The number of fused-ring (bicyclic) bond motifs is 12. The predicted molar refractivity (Wildman–Crippen MR) is 190 cm³/mol. The van der Waals surface area contributed by atoms with Gasteiger partial charge < -0.3 is 4.42 Å². The summed E-state index contributed by atoms with van der Waals surface area (Å²) in [5, 5.41) is 16.1. The number of benzene rings is 6. The quantitative estimate of drug-likeness (QED) is 0.197. The molecule has 0 spiro atoms. The van der Waals surface area contributed by atoms with Crippen LogP contribution in [0.4, 0.5) is 0 Å². The Morgan fingerprint density at radius 2 is 1.26 bits per heavy atom. The molecule has 0 bridgehead atoms.